The second-order valence-corrected chi connectivity index (χ2v) is 10.4. The first-order valence-corrected chi connectivity index (χ1v) is 15.1. The maximum Gasteiger partial charge on any atom is 0.303 e. The molecule has 0 saturated heterocycles. The third-order valence-corrected chi connectivity index (χ3v) is 7.33. The fraction of sp³-hybridized carbons (Fsp3) is 0.543. The van der Waals surface area contributed by atoms with Crippen molar-refractivity contribution in [3.8, 4) is 0 Å². The van der Waals surface area contributed by atoms with Gasteiger partial charge in [-0.1, -0.05) is 128 Å². The Morgan fingerprint density at radius 1 is 0.676 bits per heavy atom. The lowest BCUT2D eigenvalue weighted by molar-refractivity contribution is 0.00743. The molecule has 0 fully saturated rings. The summed E-state index contributed by atoms with van der Waals surface area (Å²) in [4.78, 5) is 3.36. The highest BCUT2D eigenvalue weighted by Crippen LogP contribution is 2.35. The zero-order chi connectivity index (χ0) is 26.7. The molecular formula is C35H50N2. The van der Waals surface area contributed by atoms with Gasteiger partial charge in [0, 0.05) is 0 Å². The molecule has 2 aromatic carbocycles. The van der Waals surface area contributed by atoms with Crippen LogP contribution in [0.1, 0.15) is 133 Å². The van der Waals surface area contributed by atoms with Crippen LogP contribution in [0, 0.1) is 0 Å². The monoisotopic (exact) mass is 498 g/mol. The summed E-state index contributed by atoms with van der Waals surface area (Å²) >= 11 is 0. The molecule has 2 nitrogen and oxygen atoms in total. The van der Waals surface area contributed by atoms with Crippen molar-refractivity contribution in [1.29, 1.82) is 0 Å². The Balaban J connectivity index is 2.57. The molecule has 0 aromatic heterocycles. The fourth-order valence-electron chi connectivity index (χ4n) is 5.12. The van der Waals surface area contributed by atoms with E-state index in [1.807, 2.05) is 0 Å². The number of allylic oxidation sites excluding steroid dienone is 2. The van der Waals surface area contributed by atoms with Crippen LogP contribution in [0.3, 0.4) is 0 Å². The lowest BCUT2D eigenvalue weighted by Crippen LogP contribution is -2.01. The van der Waals surface area contributed by atoms with Gasteiger partial charge in [0.2, 0.25) is 0 Å². The summed E-state index contributed by atoms with van der Waals surface area (Å²) < 4.78 is 0. The standard InChI is InChI=1S/C35H50N2/c1-5-9-12-13-14-16-22-34(31(8-4)28-37-36)35(33-21-17-20-30(27-33)18-11-7-3)32-25-23-29(24-26-32)19-15-10-6-2/h17,20-21,23-27H,5-16,18-19,22H2,1-4H3. The van der Waals surface area contributed by atoms with Gasteiger partial charge in [-0.2, -0.15) is 0 Å². The SMILES string of the molecule is CCCCCCCCC(C(=C=[N+]=[N-])CC)=C(c1ccc(CCCCC)cc1)c1cccc(CCCC)c1. The number of hydrogen-bond donors (Lipinski definition) is 0. The van der Waals surface area contributed by atoms with Gasteiger partial charge in [-0.3, -0.25) is 0 Å². The summed E-state index contributed by atoms with van der Waals surface area (Å²) in [6, 6.07) is 18.3. The second kappa shape index (κ2) is 18.6. The largest absolute Gasteiger partial charge is 0.348 e. The summed E-state index contributed by atoms with van der Waals surface area (Å²) in [5.74, 6) is 2.95. The van der Waals surface area contributed by atoms with E-state index >= 15 is 0 Å². The number of unbranched alkanes of at least 4 members (excludes halogenated alkanes) is 8. The van der Waals surface area contributed by atoms with Crippen LogP contribution in [0.15, 0.2) is 59.7 Å². The maximum atomic E-state index is 9.46. The first-order valence-electron chi connectivity index (χ1n) is 15.1. The minimum absolute atomic E-state index is 0.795. The molecule has 37 heavy (non-hydrogen) atoms. The van der Waals surface area contributed by atoms with Gasteiger partial charge in [0.25, 0.3) is 0 Å². The van der Waals surface area contributed by atoms with Crippen LogP contribution >= 0.6 is 0 Å². The van der Waals surface area contributed by atoms with E-state index in [-0.39, 0.29) is 0 Å². The zero-order valence-electron chi connectivity index (χ0n) is 24.1. The summed E-state index contributed by atoms with van der Waals surface area (Å²) in [5, 5.41) is 0. The summed E-state index contributed by atoms with van der Waals surface area (Å²) in [5.41, 5.74) is 18.3. The van der Waals surface area contributed by atoms with E-state index in [4.69, 9.17) is 0 Å². The Hall–Kier alpha value is -2.66. The van der Waals surface area contributed by atoms with Crippen molar-refractivity contribution in [3.63, 3.8) is 0 Å². The Kier molecular flexibility index (Phi) is 15.3. The third kappa shape index (κ3) is 10.7. The number of benzene rings is 2. The lowest BCUT2D eigenvalue weighted by atomic mass is 9.85. The van der Waals surface area contributed by atoms with Gasteiger partial charge in [-0.15, -0.1) is 4.79 Å². The van der Waals surface area contributed by atoms with Gasteiger partial charge < -0.3 is 5.53 Å². The average molecular weight is 499 g/mol. The van der Waals surface area contributed by atoms with E-state index in [2.05, 4.69) is 86.9 Å². The predicted octanol–water partition coefficient (Wildman–Crippen LogP) is 10.6. The number of nitrogens with zero attached hydrogens (tertiary/aromatic N) is 2. The van der Waals surface area contributed by atoms with Crippen molar-refractivity contribution in [1.82, 2.24) is 0 Å². The summed E-state index contributed by atoms with van der Waals surface area (Å²) in [6.45, 7) is 8.92. The van der Waals surface area contributed by atoms with Gasteiger partial charge >= 0.3 is 5.87 Å². The molecule has 2 rings (SSSR count). The Labute approximate surface area is 227 Å². The molecule has 0 bridgehead atoms. The normalized spacial score (nSPS) is 11.6. The van der Waals surface area contributed by atoms with Gasteiger partial charge in [0.05, 0.1) is 5.57 Å². The van der Waals surface area contributed by atoms with Crippen molar-refractivity contribution < 1.29 is 4.79 Å². The molecule has 0 unspecified atom stereocenters. The maximum absolute atomic E-state index is 9.46. The van der Waals surface area contributed by atoms with Crippen LogP contribution in [-0.2, 0) is 12.8 Å². The van der Waals surface area contributed by atoms with Crippen molar-refractivity contribution in [3.05, 3.63) is 87.5 Å². The van der Waals surface area contributed by atoms with E-state index in [1.54, 1.807) is 0 Å². The zero-order valence-corrected chi connectivity index (χ0v) is 24.1. The van der Waals surface area contributed by atoms with Crippen molar-refractivity contribution in [2.45, 2.75) is 124 Å². The summed E-state index contributed by atoms with van der Waals surface area (Å²) in [7, 11) is 0. The van der Waals surface area contributed by atoms with Crippen LogP contribution in [0.4, 0.5) is 0 Å². The fourth-order valence-corrected chi connectivity index (χ4v) is 5.12. The minimum atomic E-state index is 0.795. The highest BCUT2D eigenvalue weighted by molar-refractivity contribution is 5.87. The van der Waals surface area contributed by atoms with Crippen LogP contribution in [0.5, 0.6) is 0 Å². The van der Waals surface area contributed by atoms with E-state index in [9.17, 15) is 5.53 Å². The molecule has 0 amide bonds. The molecule has 0 heterocycles. The topological polar surface area (TPSA) is 36.4 Å². The van der Waals surface area contributed by atoms with E-state index in [0.29, 0.717) is 0 Å². The highest BCUT2D eigenvalue weighted by Gasteiger charge is 2.17. The van der Waals surface area contributed by atoms with Gasteiger partial charge in [0.15, 0.2) is 0 Å². The average Bonchev–Trinajstić information content (AvgIpc) is 2.93. The molecule has 0 spiro atoms. The molecule has 0 aliphatic carbocycles. The molecule has 0 aliphatic heterocycles. The Bertz CT molecular complexity index is 1030. The molecule has 0 saturated carbocycles. The van der Waals surface area contributed by atoms with Crippen LogP contribution in [0.25, 0.3) is 11.1 Å². The lowest BCUT2D eigenvalue weighted by Gasteiger charge is -2.18. The minimum Gasteiger partial charge on any atom is -0.348 e. The van der Waals surface area contributed by atoms with Crippen molar-refractivity contribution in [2.75, 3.05) is 0 Å². The van der Waals surface area contributed by atoms with Gasteiger partial charge in [0.1, 0.15) is 0 Å². The summed E-state index contributed by atoms with van der Waals surface area (Å²) in [6.07, 6.45) is 17.8. The molecular weight excluding hydrogens is 448 g/mol. The van der Waals surface area contributed by atoms with Crippen molar-refractivity contribution >= 4 is 11.4 Å². The number of rotatable bonds is 18. The van der Waals surface area contributed by atoms with Crippen LogP contribution in [-0.4, -0.2) is 10.7 Å². The molecule has 2 heteroatoms. The third-order valence-electron chi connectivity index (χ3n) is 7.33. The Morgan fingerprint density at radius 2 is 1.32 bits per heavy atom. The smallest absolute Gasteiger partial charge is 0.303 e. The predicted molar refractivity (Wildman–Crippen MR) is 161 cm³/mol. The number of aryl methyl sites for hydroxylation is 2. The van der Waals surface area contributed by atoms with E-state index in [0.717, 1.165) is 37.7 Å². The molecule has 0 radical (unpaired) electrons. The molecule has 0 N–H and O–H groups in total. The van der Waals surface area contributed by atoms with Crippen LogP contribution in [0.2, 0.25) is 0 Å². The first-order chi connectivity index (χ1) is 18.2. The van der Waals surface area contributed by atoms with Gasteiger partial charge in [-0.05, 0) is 78.3 Å². The Morgan fingerprint density at radius 3 is 2.00 bits per heavy atom. The van der Waals surface area contributed by atoms with Crippen LogP contribution < -0.4 is 0 Å². The van der Waals surface area contributed by atoms with E-state index in [1.165, 1.54) is 97.6 Å². The second-order valence-electron chi connectivity index (χ2n) is 10.4. The molecule has 2 aromatic rings. The molecule has 200 valence electrons. The van der Waals surface area contributed by atoms with E-state index < -0.39 is 0 Å². The highest BCUT2D eigenvalue weighted by atomic mass is 14.8. The number of hydrogen-bond acceptors (Lipinski definition) is 0. The van der Waals surface area contributed by atoms with Crippen molar-refractivity contribution in [2.24, 2.45) is 0 Å². The quantitative estimate of drug-likeness (QED) is 0.0644. The molecule has 0 aliphatic rings. The first kappa shape index (κ1) is 30.6. The molecule has 0 atom stereocenters. The van der Waals surface area contributed by atoms with Gasteiger partial charge in [-0.25, -0.2) is 0 Å².